The number of nitrogens with zero attached hydrogens (tertiary/aromatic N) is 1. The lowest BCUT2D eigenvalue weighted by molar-refractivity contribution is 0.117. The molecule has 13 heavy (non-hydrogen) atoms. The Bertz CT molecular complexity index is 280. The molecule has 0 aromatic carbocycles. The van der Waals surface area contributed by atoms with Crippen molar-refractivity contribution in [2.24, 2.45) is 0 Å². The van der Waals surface area contributed by atoms with Gasteiger partial charge < -0.3 is 0 Å². The first-order valence-corrected chi connectivity index (χ1v) is 6.00. The van der Waals surface area contributed by atoms with Crippen LogP contribution in [-0.2, 0) is 0 Å². The maximum absolute atomic E-state index is 5.93. The van der Waals surface area contributed by atoms with Crippen molar-refractivity contribution in [3.63, 3.8) is 0 Å². The molecule has 2 heterocycles. The van der Waals surface area contributed by atoms with E-state index in [2.05, 4.69) is 17.9 Å². The third-order valence-corrected chi connectivity index (χ3v) is 3.97. The fourth-order valence-electron chi connectivity index (χ4n) is 1.80. The smallest absolute Gasteiger partial charge is 0.0931 e. The Morgan fingerprint density at radius 1 is 1.54 bits per heavy atom. The van der Waals surface area contributed by atoms with Gasteiger partial charge in [-0.2, -0.15) is 0 Å². The molecule has 0 N–H and O–H groups in total. The van der Waals surface area contributed by atoms with E-state index < -0.39 is 0 Å². The third-order valence-electron chi connectivity index (χ3n) is 2.64. The van der Waals surface area contributed by atoms with Crippen LogP contribution in [0.2, 0.25) is 4.34 Å². The molecule has 0 amide bonds. The summed E-state index contributed by atoms with van der Waals surface area (Å²) in [5.74, 6) is 0. The molecule has 0 aliphatic carbocycles. The van der Waals surface area contributed by atoms with Crippen LogP contribution in [0.4, 0.5) is 0 Å². The number of thiophene rings is 1. The second-order valence-corrected chi connectivity index (χ2v) is 5.20. The van der Waals surface area contributed by atoms with Crippen LogP contribution in [0, 0.1) is 0 Å². The van der Waals surface area contributed by atoms with E-state index in [4.69, 9.17) is 11.6 Å². The highest BCUT2D eigenvalue weighted by molar-refractivity contribution is 7.16. The number of halogens is 1. The summed E-state index contributed by atoms with van der Waals surface area (Å²) in [5.41, 5.74) is 0. The van der Waals surface area contributed by atoms with E-state index in [1.54, 1.807) is 11.3 Å². The zero-order valence-corrected chi connectivity index (χ0v) is 9.37. The highest BCUT2D eigenvalue weighted by Gasteiger charge is 2.24. The van der Waals surface area contributed by atoms with E-state index >= 15 is 0 Å². The standard InChI is InChI=1S/C10H14ClNS/c1-2-8(12-6-3-7-12)9-4-5-10(11)13-9/h4-5,8H,2-3,6-7H2,1H3. The van der Waals surface area contributed by atoms with Gasteiger partial charge in [0.05, 0.1) is 4.34 Å². The Balaban J connectivity index is 2.11. The summed E-state index contributed by atoms with van der Waals surface area (Å²) < 4.78 is 0.911. The molecule has 1 atom stereocenters. The molecule has 3 heteroatoms. The van der Waals surface area contributed by atoms with Crippen LogP contribution in [0.5, 0.6) is 0 Å². The lowest BCUT2D eigenvalue weighted by atomic mass is 10.1. The van der Waals surface area contributed by atoms with Gasteiger partial charge in [0.15, 0.2) is 0 Å². The SMILES string of the molecule is CCC(c1ccc(Cl)s1)N1CCC1. The number of hydrogen-bond acceptors (Lipinski definition) is 2. The van der Waals surface area contributed by atoms with Crippen LogP contribution < -0.4 is 0 Å². The zero-order chi connectivity index (χ0) is 9.26. The van der Waals surface area contributed by atoms with Crippen molar-refractivity contribution >= 4 is 22.9 Å². The molecule has 1 nitrogen and oxygen atoms in total. The predicted molar refractivity (Wildman–Crippen MR) is 58.6 cm³/mol. The highest BCUT2D eigenvalue weighted by Crippen LogP contribution is 2.34. The van der Waals surface area contributed by atoms with Crippen LogP contribution in [0.15, 0.2) is 12.1 Å². The van der Waals surface area contributed by atoms with Crippen molar-refractivity contribution in [1.82, 2.24) is 4.90 Å². The topological polar surface area (TPSA) is 3.24 Å². The van der Waals surface area contributed by atoms with Crippen LogP contribution in [-0.4, -0.2) is 18.0 Å². The number of rotatable bonds is 3. The average molecular weight is 216 g/mol. The van der Waals surface area contributed by atoms with Crippen LogP contribution in [0.1, 0.15) is 30.7 Å². The summed E-state index contributed by atoms with van der Waals surface area (Å²) in [6, 6.07) is 4.79. The molecule has 0 spiro atoms. The predicted octanol–water partition coefficient (Wildman–Crippen LogP) is 3.56. The maximum atomic E-state index is 5.93. The molecule has 1 aliphatic rings. The van der Waals surface area contributed by atoms with Gasteiger partial charge in [-0.3, -0.25) is 4.90 Å². The summed E-state index contributed by atoms with van der Waals surface area (Å²) in [5, 5.41) is 0. The molecule has 1 unspecified atom stereocenters. The summed E-state index contributed by atoms with van der Waals surface area (Å²) >= 11 is 7.65. The molecule has 1 fully saturated rings. The maximum Gasteiger partial charge on any atom is 0.0931 e. The van der Waals surface area contributed by atoms with Crippen molar-refractivity contribution < 1.29 is 0 Å². The Kier molecular flexibility index (Phi) is 2.92. The molecule has 1 aromatic rings. The third kappa shape index (κ3) is 1.90. The van der Waals surface area contributed by atoms with Gasteiger partial charge in [0.25, 0.3) is 0 Å². The van der Waals surface area contributed by atoms with E-state index in [1.807, 2.05) is 6.07 Å². The van der Waals surface area contributed by atoms with E-state index in [9.17, 15) is 0 Å². The lowest BCUT2D eigenvalue weighted by Crippen LogP contribution is -2.39. The van der Waals surface area contributed by atoms with Crippen molar-refractivity contribution in [2.75, 3.05) is 13.1 Å². The second-order valence-electron chi connectivity index (χ2n) is 3.46. The Labute approximate surface area is 88.3 Å². The normalized spacial score (nSPS) is 19.8. The first-order chi connectivity index (χ1) is 6.31. The fraction of sp³-hybridized carbons (Fsp3) is 0.600. The Morgan fingerprint density at radius 2 is 2.31 bits per heavy atom. The first-order valence-electron chi connectivity index (χ1n) is 4.80. The van der Waals surface area contributed by atoms with Crippen LogP contribution in [0.25, 0.3) is 0 Å². The Hall–Kier alpha value is -0.0500. The van der Waals surface area contributed by atoms with Gasteiger partial charge in [-0.05, 0) is 38.1 Å². The molecular weight excluding hydrogens is 202 g/mol. The van der Waals surface area contributed by atoms with E-state index in [0.717, 1.165) is 4.34 Å². The summed E-state index contributed by atoms with van der Waals surface area (Å²) in [6.45, 7) is 4.76. The second kappa shape index (κ2) is 3.99. The highest BCUT2D eigenvalue weighted by atomic mass is 35.5. The molecule has 2 rings (SSSR count). The fourth-order valence-corrected chi connectivity index (χ4v) is 3.08. The molecule has 72 valence electrons. The van der Waals surface area contributed by atoms with Gasteiger partial charge in [-0.15, -0.1) is 11.3 Å². The van der Waals surface area contributed by atoms with Gasteiger partial charge >= 0.3 is 0 Å². The minimum Gasteiger partial charge on any atom is -0.295 e. The van der Waals surface area contributed by atoms with Crippen LogP contribution >= 0.6 is 22.9 Å². The van der Waals surface area contributed by atoms with Crippen molar-refractivity contribution in [3.8, 4) is 0 Å². The molecule has 0 bridgehead atoms. The zero-order valence-electron chi connectivity index (χ0n) is 7.79. The monoisotopic (exact) mass is 215 g/mol. The van der Waals surface area contributed by atoms with E-state index in [-0.39, 0.29) is 0 Å². The van der Waals surface area contributed by atoms with E-state index in [0.29, 0.717) is 6.04 Å². The first kappa shape index (κ1) is 9.50. The molecular formula is C10H14ClNS. The lowest BCUT2D eigenvalue weighted by Gasteiger charge is -2.37. The average Bonchev–Trinajstić information content (AvgIpc) is 2.43. The molecule has 0 radical (unpaired) electrons. The molecule has 0 saturated carbocycles. The largest absolute Gasteiger partial charge is 0.295 e. The van der Waals surface area contributed by atoms with Crippen LogP contribution in [0.3, 0.4) is 0 Å². The van der Waals surface area contributed by atoms with Gasteiger partial charge in [-0.25, -0.2) is 0 Å². The van der Waals surface area contributed by atoms with Crippen molar-refractivity contribution in [1.29, 1.82) is 0 Å². The number of likely N-dealkylation sites (tertiary alicyclic amines) is 1. The minimum atomic E-state index is 0.617. The van der Waals surface area contributed by atoms with Gasteiger partial charge in [0, 0.05) is 10.9 Å². The van der Waals surface area contributed by atoms with Crippen molar-refractivity contribution in [2.45, 2.75) is 25.8 Å². The molecule has 1 aromatic heterocycles. The summed E-state index contributed by atoms with van der Waals surface area (Å²) in [6.07, 6.45) is 2.55. The van der Waals surface area contributed by atoms with Gasteiger partial charge in [-0.1, -0.05) is 18.5 Å². The van der Waals surface area contributed by atoms with Gasteiger partial charge in [0.2, 0.25) is 0 Å². The van der Waals surface area contributed by atoms with E-state index in [1.165, 1.54) is 30.8 Å². The summed E-state index contributed by atoms with van der Waals surface area (Å²) in [7, 11) is 0. The van der Waals surface area contributed by atoms with Gasteiger partial charge in [0.1, 0.15) is 0 Å². The minimum absolute atomic E-state index is 0.617. The quantitative estimate of drug-likeness (QED) is 0.746. The number of hydrogen-bond donors (Lipinski definition) is 0. The summed E-state index contributed by atoms with van der Waals surface area (Å²) in [4.78, 5) is 3.95. The molecule has 1 saturated heterocycles. The van der Waals surface area contributed by atoms with Crippen molar-refractivity contribution in [3.05, 3.63) is 21.3 Å². The Morgan fingerprint density at radius 3 is 2.69 bits per heavy atom. The molecule has 1 aliphatic heterocycles.